The van der Waals surface area contributed by atoms with Crippen LogP contribution in [0.15, 0.2) is 23.4 Å². The molecule has 0 radical (unpaired) electrons. The minimum Gasteiger partial charge on any atom is -0.370 e. The van der Waals surface area contributed by atoms with Gasteiger partial charge >= 0.3 is 0 Å². The summed E-state index contributed by atoms with van der Waals surface area (Å²) in [6.45, 7) is 5.16. The lowest BCUT2D eigenvalue weighted by molar-refractivity contribution is 0.337. The van der Waals surface area contributed by atoms with Crippen molar-refractivity contribution in [2.75, 3.05) is 6.54 Å². The van der Waals surface area contributed by atoms with E-state index in [0.717, 1.165) is 11.6 Å². The van der Waals surface area contributed by atoms with Gasteiger partial charge < -0.3 is 4.90 Å². The number of hydrogen-bond donors (Lipinski definition) is 0. The molecule has 0 bridgehead atoms. The fraction of sp³-hybridized carbons (Fsp3) is 0.500. The van der Waals surface area contributed by atoms with Crippen LogP contribution in [0.1, 0.15) is 13.8 Å². The van der Waals surface area contributed by atoms with Crippen LogP contribution in [-0.4, -0.2) is 17.5 Å². The standard InChI is InChI=1S/C8H12ClN/c1-7(2)10-5-3-4-8(9)6-10/h3-5,7H,6H2,1-2H3. The van der Waals surface area contributed by atoms with Crippen molar-refractivity contribution in [3.8, 4) is 0 Å². The van der Waals surface area contributed by atoms with Crippen LogP contribution in [0.4, 0.5) is 0 Å². The minimum atomic E-state index is 0.540. The van der Waals surface area contributed by atoms with Gasteiger partial charge in [0.2, 0.25) is 0 Å². The van der Waals surface area contributed by atoms with Crippen LogP contribution in [0, 0.1) is 0 Å². The topological polar surface area (TPSA) is 3.24 Å². The third kappa shape index (κ3) is 1.77. The lowest BCUT2D eigenvalue weighted by atomic mass is 10.3. The molecule has 0 aliphatic carbocycles. The van der Waals surface area contributed by atoms with Gasteiger partial charge in [0.05, 0.1) is 6.54 Å². The summed E-state index contributed by atoms with van der Waals surface area (Å²) in [5.74, 6) is 0. The molecule has 1 heterocycles. The third-order valence-electron chi connectivity index (χ3n) is 1.55. The van der Waals surface area contributed by atoms with E-state index in [0.29, 0.717) is 6.04 Å². The first-order valence-electron chi connectivity index (χ1n) is 3.49. The van der Waals surface area contributed by atoms with E-state index in [1.54, 1.807) is 0 Å². The molecule has 1 nitrogen and oxygen atoms in total. The van der Waals surface area contributed by atoms with Gasteiger partial charge in [-0.2, -0.15) is 0 Å². The number of allylic oxidation sites excluding steroid dienone is 2. The molecule has 56 valence electrons. The maximum absolute atomic E-state index is 5.82. The summed E-state index contributed by atoms with van der Waals surface area (Å²) in [5.41, 5.74) is 0. The molecule has 2 heteroatoms. The average molecular weight is 158 g/mol. The van der Waals surface area contributed by atoms with Gasteiger partial charge in [-0.1, -0.05) is 11.6 Å². The molecule has 0 fully saturated rings. The lowest BCUT2D eigenvalue weighted by Crippen LogP contribution is -2.27. The third-order valence-corrected chi connectivity index (χ3v) is 1.80. The molecule has 1 aliphatic rings. The summed E-state index contributed by atoms with van der Waals surface area (Å²) in [5, 5.41) is 0.913. The van der Waals surface area contributed by atoms with Crippen molar-refractivity contribution in [2.45, 2.75) is 19.9 Å². The van der Waals surface area contributed by atoms with Crippen molar-refractivity contribution in [2.24, 2.45) is 0 Å². The Morgan fingerprint density at radius 2 is 2.30 bits per heavy atom. The van der Waals surface area contributed by atoms with E-state index in [4.69, 9.17) is 11.6 Å². The van der Waals surface area contributed by atoms with E-state index in [9.17, 15) is 0 Å². The van der Waals surface area contributed by atoms with Crippen molar-refractivity contribution < 1.29 is 0 Å². The van der Waals surface area contributed by atoms with Crippen LogP contribution in [0.25, 0.3) is 0 Å². The SMILES string of the molecule is CC(C)N1C=CC=C(Cl)C1. The highest BCUT2D eigenvalue weighted by Gasteiger charge is 2.07. The Balaban J connectivity index is 2.55. The number of nitrogens with zero attached hydrogens (tertiary/aromatic N) is 1. The smallest absolute Gasteiger partial charge is 0.0533 e. The highest BCUT2D eigenvalue weighted by molar-refractivity contribution is 6.30. The Morgan fingerprint density at radius 3 is 2.70 bits per heavy atom. The van der Waals surface area contributed by atoms with Gasteiger partial charge in [-0.25, -0.2) is 0 Å². The Kier molecular flexibility index (Phi) is 2.39. The van der Waals surface area contributed by atoms with Gasteiger partial charge in [0.1, 0.15) is 0 Å². The van der Waals surface area contributed by atoms with E-state index in [1.807, 2.05) is 12.2 Å². The van der Waals surface area contributed by atoms with Crippen LogP contribution in [-0.2, 0) is 0 Å². The molecule has 1 rings (SSSR count). The first-order chi connectivity index (χ1) is 4.70. The van der Waals surface area contributed by atoms with Crippen molar-refractivity contribution >= 4 is 11.6 Å². The molecule has 0 unspecified atom stereocenters. The summed E-state index contributed by atoms with van der Waals surface area (Å²) < 4.78 is 0. The zero-order chi connectivity index (χ0) is 7.56. The van der Waals surface area contributed by atoms with Crippen LogP contribution >= 0.6 is 11.6 Å². The van der Waals surface area contributed by atoms with Crippen molar-refractivity contribution in [1.82, 2.24) is 4.90 Å². The summed E-state index contributed by atoms with van der Waals surface area (Å²) in [7, 11) is 0. The molecular formula is C8H12ClN. The molecule has 0 saturated carbocycles. The summed E-state index contributed by atoms with van der Waals surface area (Å²) in [6.07, 6.45) is 5.98. The van der Waals surface area contributed by atoms with Gasteiger partial charge in [-0.3, -0.25) is 0 Å². The second kappa shape index (κ2) is 3.11. The predicted octanol–water partition coefficient (Wildman–Crippen LogP) is 2.35. The van der Waals surface area contributed by atoms with Crippen LogP contribution < -0.4 is 0 Å². The van der Waals surface area contributed by atoms with Gasteiger partial charge in [-0.15, -0.1) is 0 Å². The summed E-state index contributed by atoms with van der Waals surface area (Å²) in [6, 6.07) is 0.540. The predicted molar refractivity (Wildman–Crippen MR) is 44.9 cm³/mol. The Morgan fingerprint density at radius 1 is 1.60 bits per heavy atom. The van der Waals surface area contributed by atoms with Crippen LogP contribution in [0.5, 0.6) is 0 Å². The van der Waals surface area contributed by atoms with E-state index >= 15 is 0 Å². The van der Waals surface area contributed by atoms with Crippen molar-refractivity contribution in [3.63, 3.8) is 0 Å². The van der Waals surface area contributed by atoms with Gasteiger partial charge in [0.25, 0.3) is 0 Å². The lowest BCUT2D eigenvalue weighted by Gasteiger charge is -2.26. The zero-order valence-corrected chi connectivity index (χ0v) is 7.10. The van der Waals surface area contributed by atoms with Crippen molar-refractivity contribution in [3.05, 3.63) is 23.4 Å². The Labute approximate surface area is 67.0 Å². The Bertz CT molecular complexity index is 170. The van der Waals surface area contributed by atoms with Gasteiger partial charge in [0, 0.05) is 11.1 Å². The number of hydrogen-bond acceptors (Lipinski definition) is 1. The number of rotatable bonds is 1. The normalized spacial score (nSPS) is 18.0. The maximum atomic E-state index is 5.82. The largest absolute Gasteiger partial charge is 0.370 e. The quantitative estimate of drug-likeness (QED) is 0.565. The fourth-order valence-corrected chi connectivity index (χ4v) is 1.10. The molecule has 0 atom stereocenters. The van der Waals surface area contributed by atoms with E-state index < -0.39 is 0 Å². The molecule has 0 aromatic rings. The van der Waals surface area contributed by atoms with Crippen molar-refractivity contribution in [1.29, 1.82) is 0 Å². The van der Waals surface area contributed by atoms with Gasteiger partial charge in [0.15, 0.2) is 0 Å². The summed E-state index contributed by atoms with van der Waals surface area (Å²) in [4.78, 5) is 2.20. The molecule has 0 amide bonds. The summed E-state index contributed by atoms with van der Waals surface area (Å²) >= 11 is 5.82. The Hall–Kier alpha value is -0.430. The zero-order valence-electron chi connectivity index (χ0n) is 6.34. The molecule has 0 aromatic carbocycles. The number of halogens is 1. The highest BCUT2D eigenvalue weighted by atomic mass is 35.5. The first kappa shape index (κ1) is 7.67. The molecule has 0 aromatic heterocycles. The molecule has 0 spiro atoms. The minimum absolute atomic E-state index is 0.540. The molecule has 0 N–H and O–H groups in total. The molecule has 0 saturated heterocycles. The molecule has 1 aliphatic heterocycles. The molecular weight excluding hydrogens is 146 g/mol. The first-order valence-corrected chi connectivity index (χ1v) is 3.86. The van der Waals surface area contributed by atoms with Crippen LogP contribution in [0.3, 0.4) is 0 Å². The average Bonchev–Trinajstić information content (AvgIpc) is 1.88. The van der Waals surface area contributed by atoms with E-state index in [-0.39, 0.29) is 0 Å². The van der Waals surface area contributed by atoms with Gasteiger partial charge in [-0.05, 0) is 32.2 Å². The second-order valence-corrected chi connectivity index (χ2v) is 3.21. The highest BCUT2D eigenvalue weighted by Crippen LogP contribution is 2.12. The van der Waals surface area contributed by atoms with Crippen LogP contribution in [0.2, 0.25) is 0 Å². The second-order valence-electron chi connectivity index (χ2n) is 2.72. The van der Waals surface area contributed by atoms with E-state index in [1.165, 1.54) is 0 Å². The monoisotopic (exact) mass is 157 g/mol. The van der Waals surface area contributed by atoms with E-state index in [2.05, 4.69) is 24.9 Å². The fourth-order valence-electron chi connectivity index (χ4n) is 0.893. The molecule has 10 heavy (non-hydrogen) atoms. The maximum Gasteiger partial charge on any atom is 0.0533 e.